The molecular weight excluding hydrogens is 394 g/mol. The zero-order valence-corrected chi connectivity index (χ0v) is 17.6. The fourth-order valence-electron chi connectivity index (χ4n) is 2.80. The van der Waals surface area contributed by atoms with Gasteiger partial charge in [0.2, 0.25) is 0 Å². The van der Waals surface area contributed by atoms with Crippen LogP contribution < -0.4 is 9.47 Å². The van der Waals surface area contributed by atoms with Crippen LogP contribution in [0.5, 0.6) is 11.5 Å². The topological polar surface area (TPSA) is 87.9 Å². The van der Waals surface area contributed by atoms with Crippen molar-refractivity contribution in [3.05, 3.63) is 58.1 Å². The van der Waals surface area contributed by atoms with Crippen LogP contribution in [0.15, 0.2) is 47.4 Å². The van der Waals surface area contributed by atoms with E-state index >= 15 is 0 Å². The van der Waals surface area contributed by atoms with Gasteiger partial charge in [-0.25, -0.2) is 0 Å². The van der Waals surface area contributed by atoms with Crippen molar-refractivity contribution in [2.45, 2.75) is 36.3 Å². The zero-order valence-electron chi connectivity index (χ0n) is 16.8. The Hall–Kier alpha value is -2.74. The number of nitro groups is 1. The van der Waals surface area contributed by atoms with Crippen molar-refractivity contribution >= 4 is 23.4 Å². The molecule has 0 amide bonds. The van der Waals surface area contributed by atoms with E-state index in [-0.39, 0.29) is 18.3 Å². The lowest BCUT2D eigenvalue weighted by molar-refractivity contribution is -0.387. The van der Waals surface area contributed by atoms with E-state index in [1.54, 1.807) is 26.2 Å². The third-order valence-electron chi connectivity index (χ3n) is 4.25. The number of esters is 1. The van der Waals surface area contributed by atoms with Crippen LogP contribution in [0, 0.1) is 10.1 Å². The van der Waals surface area contributed by atoms with Crippen molar-refractivity contribution in [3.63, 3.8) is 0 Å². The standard InChI is InChI=1S/C21H25NO6S/c1-4-28-21(23)20(10-6-8-15-7-5-9-16(13-15)26-2)29-19-12-11-17(27-3)14-18(19)22(24)25/h5,7,9,11-14,20H,4,6,8,10H2,1-3H3/t20-/m0/s1. The van der Waals surface area contributed by atoms with E-state index in [9.17, 15) is 14.9 Å². The van der Waals surface area contributed by atoms with Crippen LogP contribution in [0.2, 0.25) is 0 Å². The highest BCUT2D eigenvalue weighted by molar-refractivity contribution is 8.00. The second-order valence-electron chi connectivity index (χ2n) is 6.19. The van der Waals surface area contributed by atoms with Crippen LogP contribution in [0.4, 0.5) is 5.69 Å². The molecule has 0 unspecified atom stereocenters. The van der Waals surface area contributed by atoms with E-state index < -0.39 is 10.2 Å². The molecule has 2 aromatic carbocycles. The van der Waals surface area contributed by atoms with Gasteiger partial charge in [-0.1, -0.05) is 12.1 Å². The van der Waals surface area contributed by atoms with Gasteiger partial charge in [0.25, 0.3) is 5.69 Å². The van der Waals surface area contributed by atoms with E-state index in [0.29, 0.717) is 17.1 Å². The predicted molar refractivity (Wildman–Crippen MR) is 112 cm³/mol. The Morgan fingerprint density at radius 3 is 2.52 bits per heavy atom. The SMILES string of the molecule is CCOC(=O)[C@H](CCCc1cccc(OC)c1)Sc1ccc(OC)cc1[N+](=O)[O-]. The molecule has 29 heavy (non-hydrogen) atoms. The van der Waals surface area contributed by atoms with Crippen LogP contribution >= 0.6 is 11.8 Å². The normalized spacial score (nSPS) is 11.6. The molecule has 2 rings (SSSR count). The highest BCUT2D eigenvalue weighted by Gasteiger charge is 2.25. The summed E-state index contributed by atoms with van der Waals surface area (Å²) < 4.78 is 15.5. The van der Waals surface area contributed by atoms with Gasteiger partial charge in [-0.15, -0.1) is 11.8 Å². The van der Waals surface area contributed by atoms with Gasteiger partial charge in [0.1, 0.15) is 16.7 Å². The molecule has 0 radical (unpaired) electrons. The van der Waals surface area contributed by atoms with Gasteiger partial charge in [0.15, 0.2) is 0 Å². The van der Waals surface area contributed by atoms with Crippen molar-refractivity contribution in [3.8, 4) is 11.5 Å². The van der Waals surface area contributed by atoms with Gasteiger partial charge >= 0.3 is 5.97 Å². The van der Waals surface area contributed by atoms with Crippen molar-refractivity contribution < 1.29 is 23.9 Å². The van der Waals surface area contributed by atoms with Crippen molar-refractivity contribution in [2.24, 2.45) is 0 Å². The van der Waals surface area contributed by atoms with Crippen LogP contribution in [0.25, 0.3) is 0 Å². The number of ether oxygens (including phenoxy) is 3. The molecule has 0 fully saturated rings. The number of benzene rings is 2. The number of aryl methyl sites for hydroxylation is 1. The first-order valence-corrected chi connectivity index (χ1v) is 10.1. The van der Waals surface area contributed by atoms with Gasteiger partial charge in [-0.2, -0.15) is 0 Å². The molecule has 1 atom stereocenters. The zero-order chi connectivity index (χ0) is 21.2. The van der Waals surface area contributed by atoms with Gasteiger partial charge in [0, 0.05) is 0 Å². The first-order chi connectivity index (χ1) is 14.0. The van der Waals surface area contributed by atoms with E-state index in [1.165, 1.54) is 13.2 Å². The van der Waals surface area contributed by atoms with Crippen LogP contribution in [-0.2, 0) is 16.0 Å². The van der Waals surface area contributed by atoms with Crippen molar-refractivity contribution in [2.75, 3.05) is 20.8 Å². The average molecular weight is 419 g/mol. The molecule has 0 aromatic heterocycles. The first kappa shape index (κ1) is 22.5. The van der Waals surface area contributed by atoms with Gasteiger partial charge in [-0.3, -0.25) is 14.9 Å². The van der Waals surface area contributed by atoms with Crippen LogP contribution in [0.1, 0.15) is 25.3 Å². The number of hydrogen-bond acceptors (Lipinski definition) is 7. The fourth-order valence-corrected chi connectivity index (χ4v) is 3.96. The molecule has 0 spiro atoms. The van der Waals surface area contributed by atoms with Gasteiger partial charge in [-0.05, 0) is 56.0 Å². The summed E-state index contributed by atoms with van der Waals surface area (Å²) >= 11 is 1.16. The number of thioether (sulfide) groups is 1. The summed E-state index contributed by atoms with van der Waals surface area (Å²) in [5, 5.41) is 10.9. The Morgan fingerprint density at radius 2 is 1.86 bits per heavy atom. The number of methoxy groups -OCH3 is 2. The molecule has 0 aliphatic heterocycles. The van der Waals surface area contributed by atoms with Gasteiger partial charge in [0.05, 0.1) is 36.7 Å². The monoisotopic (exact) mass is 419 g/mol. The number of nitrogens with zero attached hydrogens (tertiary/aromatic N) is 1. The van der Waals surface area contributed by atoms with E-state index in [0.717, 1.165) is 35.9 Å². The molecule has 0 bridgehead atoms. The highest BCUT2D eigenvalue weighted by atomic mass is 32.2. The van der Waals surface area contributed by atoms with E-state index in [1.807, 2.05) is 24.3 Å². The number of hydrogen-bond donors (Lipinski definition) is 0. The van der Waals surface area contributed by atoms with Crippen molar-refractivity contribution in [1.29, 1.82) is 0 Å². The Bertz CT molecular complexity index is 842. The van der Waals surface area contributed by atoms with Gasteiger partial charge < -0.3 is 14.2 Å². The molecule has 0 saturated carbocycles. The Morgan fingerprint density at radius 1 is 1.14 bits per heavy atom. The third kappa shape index (κ3) is 6.67. The van der Waals surface area contributed by atoms with E-state index in [2.05, 4.69) is 0 Å². The predicted octanol–water partition coefficient (Wildman–Crippen LogP) is 4.66. The first-order valence-electron chi connectivity index (χ1n) is 9.27. The van der Waals surface area contributed by atoms with E-state index in [4.69, 9.17) is 14.2 Å². The average Bonchev–Trinajstić information content (AvgIpc) is 2.73. The molecule has 7 nitrogen and oxygen atoms in total. The lowest BCUT2D eigenvalue weighted by atomic mass is 10.1. The minimum atomic E-state index is -0.535. The lowest BCUT2D eigenvalue weighted by Crippen LogP contribution is -2.20. The number of rotatable bonds is 11. The smallest absolute Gasteiger partial charge is 0.319 e. The van der Waals surface area contributed by atoms with Crippen LogP contribution in [-0.4, -0.2) is 37.0 Å². The molecule has 0 N–H and O–H groups in total. The summed E-state index contributed by atoms with van der Waals surface area (Å²) in [5.74, 6) is 0.813. The highest BCUT2D eigenvalue weighted by Crippen LogP contribution is 2.36. The van der Waals surface area contributed by atoms with Crippen LogP contribution in [0.3, 0.4) is 0 Å². The largest absolute Gasteiger partial charge is 0.497 e. The number of carbonyl (C=O) groups is 1. The Kier molecular flexibility index (Phi) is 8.79. The maximum absolute atomic E-state index is 12.4. The maximum atomic E-state index is 12.4. The quantitative estimate of drug-likeness (QED) is 0.226. The summed E-state index contributed by atoms with van der Waals surface area (Å²) in [6.07, 6.45) is 2.02. The minimum Gasteiger partial charge on any atom is -0.497 e. The molecule has 0 aliphatic rings. The summed E-state index contributed by atoms with van der Waals surface area (Å²) in [7, 11) is 3.07. The molecule has 156 valence electrons. The molecule has 0 saturated heterocycles. The van der Waals surface area contributed by atoms with Crippen molar-refractivity contribution in [1.82, 2.24) is 0 Å². The molecule has 0 aliphatic carbocycles. The minimum absolute atomic E-state index is 0.0866. The summed E-state index contributed by atoms with van der Waals surface area (Å²) in [6, 6.07) is 12.4. The number of carbonyl (C=O) groups excluding carboxylic acids is 1. The molecular formula is C21H25NO6S. The summed E-state index contributed by atoms with van der Waals surface area (Å²) in [4.78, 5) is 23.8. The number of nitro benzene ring substituents is 1. The Labute approximate surface area is 174 Å². The second kappa shape index (κ2) is 11.3. The molecule has 2 aromatic rings. The summed E-state index contributed by atoms with van der Waals surface area (Å²) in [5.41, 5.74) is 1.02. The fraction of sp³-hybridized carbons (Fsp3) is 0.381. The Balaban J connectivity index is 2.12. The third-order valence-corrected chi connectivity index (χ3v) is 5.56. The summed E-state index contributed by atoms with van der Waals surface area (Å²) in [6.45, 7) is 2.00. The second-order valence-corrected chi connectivity index (χ2v) is 7.44. The molecule has 8 heteroatoms. The molecule has 0 heterocycles. The maximum Gasteiger partial charge on any atom is 0.319 e. The lowest BCUT2D eigenvalue weighted by Gasteiger charge is -2.16.